The Bertz CT molecular complexity index is 262. The van der Waals surface area contributed by atoms with Gasteiger partial charge in [0.1, 0.15) is 0 Å². The van der Waals surface area contributed by atoms with Crippen LogP contribution in [0, 0.1) is 5.92 Å². The van der Waals surface area contributed by atoms with Crippen molar-refractivity contribution < 1.29 is 9.90 Å². The number of thioether (sulfide) groups is 1. The molecule has 0 aliphatic heterocycles. The lowest BCUT2D eigenvalue weighted by atomic mass is 9.95. The second-order valence-corrected chi connectivity index (χ2v) is 6.87. The average Bonchev–Trinajstić information content (AvgIpc) is 2.39. The molecule has 0 radical (unpaired) electrons. The summed E-state index contributed by atoms with van der Waals surface area (Å²) in [6.45, 7) is 5.02. The van der Waals surface area contributed by atoms with Crippen LogP contribution >= 0.6 is 11.8 Å². The molecule has 19 heavy (non-hydrogen) atoms. The average molecular weight is 288 g/mol. The number of urea groups is 1. The maximum Gasteiger partial charge on any atom is 0.315 e. The van der Waals surface area contributed by atoms with Crippen molar-refractivity contribution in [2.75, 3.05) is 18.9 Å². The van der Waals surface area contributed by atoms with Crippen LogP contribution in [0.1, 0.15) is 46.0 Å². The van der Waals surface area contributed by atoms with Gasteiger partial charge in [-0.05, 0) is 30.9 Å². The van der Waals surface area contributed by atoms with E-state index in [1.165, 1.54) is 19.3 Å². The third kappa shape index (κ3) is 6.52. The number of rotatable bonds is 7. The highest BCUT2D eigenvalue weighted by Crippen LogP contribution is 2.28. The van der Waals surface area contributed by atoms with E-state index >= 15 is 0 Å². The molecular formula is C14H28N2O2S. The van der Waals surface area contributed by atoms with Crippen LogP contribution in [0.5, 0.6) is 0 Å². The molecule has 1 saturated carbocycles. The number of amides is 2. The lowest BCUT2D eigenvalue weighted by Crippen LogP contribution is -2.48. The van der Waals surface area contributed by atoms with Crippen LogP contribution < -0.4 is 10.6 Å². The zero-order chi connectivity index (χ0) is 14.1. The first-order valence-electron chi connectivity index (χ1n) is 7.44. The maximum atomic E-state index is 11.9. The number of carbonyl (C=O) groups is 1. The van der Waals surface area contributed by atoms with Gasteiger partial charge in [0.25, 0.3) is 0 Å². The van der Waals surface area contributed by atoms with Crippen molar-refractivity contribution in [3.8, 4) is 0 Å². The number of hydrogen-bond acceptors (Lipinski definition) is 3. The Balaban J connectivity index is 2.29. The predicted octanol–water partition coefficient (Wildman–Crippen LogP) is 2.37. The Morgan fingerprint density at radius 3 is 2.84 bits per heavy atom. The molecule has 0 spiro atoms. The van der Waals surface area contributed by atoms with Gasteiger partial charge in [-0.25, -0.2) is 4.79 Å². The Morgan fingerprint density at radius 1 is 1.42 bits per heavy atom. The highest BCUT2D eigenvalue weighted by Gasteiger charge is 2.26. The molecule has 1 rings (SSSR count). The Morgan fingerprint density at radius 2 is 2.16 bits per heavy atom. The lowest BCUT2D eigenvalue weighted by molar-refractivity contribution is 0.227. The van der Waals surface area contributed by atoms with Gasteiger partial charge in [0.15, 0.2) is 0 Å². The summed E-state index contributed by atoms with van der Waals surface area (Å²) in [4.78, 5) is 11.9. The summed E-state index contributed by atoms with van der Waals surface area (Å²) in [5, 5.41) is 15.4. The smallest absolute Gasteiger partial charge is 0.315 e. The van der Waals surface area contributed by atoms with Gasteiger partial charge in [0.2, 0.25) is 0 Å². The molecule has 3 unspecified atom stereocenters. The van der Waals surface area contributed by atoms with Gasteiger partial charge in [-0.15, -0.1) is 0 Å². The van der Waals surface area contributed by atoms with E-state index in [2.05, 4.69) is 17.6 Å². The van der Waals surface area contributed by atoms with E-state index in [0.717, 1.165) is 18.6 Å². The van der Waals surface area contributed by atoms with Crippen molar-refractivity contribution in [3.63, 3.8) is 0 Å². The van der Waals surface area contributed by atoms with Crippen LogP contribution in [0.25, 0.3) is 0 Å². The van der Waals surface area contributed by atoms with Crippen LogP contribution in [0.15, 0.2) is 0 Å². The van der Waals surface area contributed by atoms with Gasteiger partial charge < -0.3 is 15.7 Å². The quantitative estimate of drug-likeness (QED) is 0.674. The molecule has 2 amide bonds. The highest BCUT2D eigenvalue weighted by molar-refractivity contribution is 7.99. The summed E-state index contributed by atoms with van der Waals surface area (Å²) < 4.78 is 0. The summed E-state index contributed by atoms with van der Waals surface area (Å²) >= 11 is 1.96. The maximum absolute atomic E-state index is 11.9. The number of hydrogen-bond donors (Lipinski definition) is 3. The van der Waals surface area contributed by atoms with Gasteiger partial charge >= 0.3 is 6.03 Å². The van der Waals surface area contributed by atoms with E-state index < -0.39 is 0 Å². The van der Waals surface area contributed by atoms with Crippen LogP contribution in [0.2, 0.25) is 0 Å². The van der Waals surface area contributed by atoms with E-state index in [1.54, 1.807) is 0 Å². The minimum Gasteiger partial charge on any atom is -0.396 e. The molecule has 0 aromatic rings. The fourth-order valence-corrected chi connectivity index (χ4v) is 3.68. The Labute approximate surface area is 121 Å². The third-order valence-electron chi connectivity index (χ3n) is 3.63. The molecule has 112 valence electrons. The lowest BCUT2D eigenvalue weighted by Gasteiger charge is -2.31. The number of aliphatic hydroxyl groups excluding tert-OH is 1. The molecule has 3 N–H and O–H groups in total. The predicted molar refractivity (Wildman–Crippen MR) is 81.6 cm³/mol. The van der Waals surface area contributed by atoms with Crippen molar-refractivity contribution in [1.29, 1.82) is 0 Å². The first kappa shape index (κ1) is 16.6. The molecule has 1 aliphatic rings. The second kappa shape index (κ2) is 9.48. The highest BCUT2D eigenvalue weighted by atomic mass is 32.2. The van der Waals surface area contributed by atoms with Crippen molar-refractivity contribution in [2.45, 2.75) is 57.2 Å². The monoisotopic (exact) mass is 288 g/mol. The summed E-state index contributed by atoms with van der Waals surface area (Å²) in [6, 6.07) is 0.255. The summed E-state index contributed by atoms with van der Waals surface area (Å²) in [7, 11) is 0. The summed E-state index contributed by atoms with van der Waals surface area (Å²) in [6.07, 6.45) is 5.54. The van der Waals surface area contributed by atoms with Gasteiger partial charge in [0, 0.05) is 24.4 Å². The molecule has 0 saturated heterocycles. The number of carbonyl (C=O) groups excluding carboxylic acids is 1. The van der Waals surface area contributed by atoms with Crippen molar-refractivity contribution >= 4 is 17.8 Å². The van der Waals surface area contributed by atoms with Crippen molar-refractivity contribution in [3.05, 3.63) is 0 Å². The molecule has 4 nitrogen and oxygen atoms in total. The first-order valence-corrected chi connectivity index (χ1v) is 8.49. The van der Waals surface area contributed by atoms with Crippen molar-refractivity contribution in [1.82, 2.24) is 10.6 Å². The zero-order valence-corrected chi connectivity index (χ0v) is 13.0. The minimum absolute atomic E-state index is 0.0570. The molecule has 0 aromatic carbocycles. The van der Waals surface area contributed by atoms with Gasteiger partial charge in [-0.2, -0.15) is 11.8 Å². The van der Waals surface area contributed by atoms with E-state index in [-0.39, 0.29) is 12.6 Å². The summed E-state index contributed by atoms with van der Waals surface area (Å²) in [5.74, 6) is 1.43. The minimum atomic E-state index is -0.0570. The molecule has 0 bridgehead atoms. The van der Waals surface area contributed by atoms with E-state index in [4.69, 9.17) is 5.11 Å². The zero-order valence-electron chi connectivity index (χ0n) is 12.2. The molecule has 5 heteroatoms. The molecule has 1 aliphatic carbocycles. The molecule has 0 heterocycles. The van der Waals surface area contributed by atoms with Crippen LogP contribution in [0.3, 0.4) is 0 Å². The SMILES string of the molecule is CCSC1CCCCC1NC(=O)NCC(C)CCO. The number of aliphatic hydroxyl groups is 1. The third-order valence-corrected chi connectivity index (χ3v) is 4.96. The van der Waals surface area contributed by atoms with Gasteiger partial charge in [0.05, 0.1) is 0 Å². The van der Waals surface area contributed by atoms with E-state index in [0.29, 0.717) is 23.8 Å². The molecular weight excluding hydrogens is 260 g/mol. The van der Waals surface area contributed by atoms with E-state index in [9.17, 15) is 4.79 Å². The standard InChI is InChI=1S/C14H28N2O2S/c1-3-19-13-7-5-4-6-12(13)16-14(18)15-10-11(2)8-9-17/h11-13,17H,3-10H2,1-2H3,(H2,15,16,18). The van der Waals surface area contributed by atoms with Gasteiger partial charge in [-0.1, -0.05) is 26.7 Å². The Hall–Kier alpha value is -0.420. The van der Waals surface area contributed by atoms with E-state index in [1.807, 2.05) is 18.7 Å². The summed E-state index contributed by atoms with van der Waals surface area (Å²) in [5.41, 5.74) is 0. The normalized spacial score (nSPS) is 24.8. The first-order chi connectivity index (χ1) is 9.17. The van der Waals surface area contributed by atoms with Crippen LogP contribution in [0.4, 0.5) is 4.79 Å². The molecule has 0 aromatic heterocycles. The molecule has 1 fully saturated rings. The fraction of sp³-hybridized carbons (Fsp3) is 0.929. The second-order valence-electron chi connectivity index (χ2n) is 5.36. The largest absolute Gasteiger partial charge is 0.396 e. The molecule has 3 atom stereocenters. The van der Waals surface area contributed by atoms with Gasteiger partial charge in [-0.3, -0.25) is 0 Å². The van der Waals surface area contributed by atoms with Crippen LogP contribution in [-0.4, -0.2) is 41.3 Å². The van der Waals surface area contributed by atoms with Crippen LogP contribution in [-0.2, 0) is 0 Å². The fourth-order valence-electron chi connectivity index (χ4n) is 2.48. The van der Waals surface area contributed by atoms with Crippen molar-refractivity contribution in [2.24, 2.45) is 5.92 Å². The topological polar surface area (TPSA) is 61.4 Å². The Kier molecular flexibility index (Phi) is 8.30. The number of nitrogens with one attached hydrogen (secondary N) is 2.